The summed E-state index contributed by atoms with van der Waals surface area (Å²) in [7, 11) is 0. The van der Waals surface area contributed by atoms with Crippen molar-refractivity contribution in [2.45, 2.75) is 31.8 Å². The maximum absolute atomic E-state index is 12.9. The summed E-state index contributed by atoms with van der Waals surface area (Å²) >= 11 is 0. The minimum atomic E-state index is -0.301. The zero-order valence-corrected chi connectivity index (χ0v) is 18.1. The van der Waals surface area contributed by atoms with Gasteiger partial charge in [0.1, 0.15) is 11.3 Å². The summed E-state index contributed by atoms with van der Waals surface area (Å²) in [6.07, 6.45) is 2.06. The van der Waals surface area contributed by atoms with Gasteiger partial charge in [-0.15, -0.1) is 5.10 Å². The maximum atomic E-state index is 12.9. The fraction of sp³-hybridized carbons (Fsp3) is 0.231. The molecule has 33 heavy (non-hydrogen) atoms. The number of hydrogen-bond donors (Lipinski definition) is 1. The van der Waals surface area contributed by atoms with Gasteiger partial charge in [-0.3, -0.25) is 9.59 Å². The molecule has 0 spiro atoms. The zero-order chi connectivity index (χ0) is 22.6. The second-order valence-electron chi connectivity index (χ2n) is 8.12. The number of aryl methyl sites for hydroxylation is 2. The number of aromatic nitrogens is 3. The van der Waals surface area contributed by atoms with Crippen molar-refractivity contribution >= 4 is 16.8 Å². The van der Waals surface area contributed by atoms with Gasteiger partial charge in [0.15, 0.2) is 0 Å². The van der Waals surface area contributed by atoms with Crippen LogP contribution < -0.4 is 15.6 Å². The van der Waals surface area contributed by atoms with Crippen molar-refractivity contribution in [3.63, 3.8) is 0 Å². The summed E-state index contributed by atoms with van der Waals surface area (Å²) in [4.78, 5) is 25.6. The minimum absolute atomic E-state index is 0.115. The number of ether oxygens (including phenoxy) is 1. The molecule has 7 heteroatoms. The molecule has 1 amide bonds. The number of nitrogens with one attached hydrogen (secondary N) is 1. The normalized spacial score (nSPS) is 13.7. The number of fused-ring (bicyclic) bond motifs is 2. The Morgan fingerprint density at radius 2 is 1.85 bits per heavy atom. The largest absolute Gasteiger partial charge is 0.493 e. The van der Waals surface area contributed by atoms with Crippen molar-refractivity contribution in [1.82, 2.24) is 20.3 Å². The van der Waals surface area contributed by atoms with E-state index in [2.05, 4.69) is 21.7 Å². The molecule has 2 heterocycles. The molecule has 0 radical (unpaired) electrons. The predicted octanol–water partition coefficient (Wildman–Crippen LogP) is 3.41. The van der Waals surface area contributed by atoms with Gasteiger partial charge in [-0.05, 0) is 53.8 Å². The molecule has 0 saturated heterocycles. The smallest absolute Gasteiger partial charge is 0.277 e. The number of amides is 1. The summed E-state index contributed by atoms with van der Waals surface area (Å²) in [6.45, 7) is 0.893. The standard InChI is InChI=1S/C26H24N4O3/c31-24(14-15-30-26(32)21-10-4-5-11-22(21)28-29-30)27-25(18-7-2-1-3-8-18)20-12-13-23-19(17-20)9-6-16-33-23/h1-5,7-8,10-13,17,25H,6,9,14-16H2,(H,27,31). The van der Waals surface area contributed by atoms with E-state index in [1.54, 1.807) is 18.2 Å². The molecule has 1 aromatic heterocycles. The molecule has 4 aromatic rings. The van der Waals surface area contributed by atoms with Gasteiger partial charge in [0.25, 0.3) is 5.56 Å². The Morgan fingerprint density at radius 3 is 2.73 bits per heavy atom. The average molecular weight is 441 g/mol. The van der Waals surface area contributed by atoms with Gasteiger partial charge in [-0.2, -0.15) is 0 Å². The van der Waals surface area contributed by atoms with Crippen LogP contribution >= 0.6 is 0 Å². The molecule has 1 atom stereocenters. The number of carbonyl (C=O) groups excluding carboxylic acids is 1. The third kappa shape index (κ3) is 4.48. The van der Waals surface area contributed by atoms with E-state index in [1.165, 1.54) is 4.68 Å². The molecule has 0 saturated carbocycles. The molecular weight excluding hydrogens is 416 g/mol. The van der Waals surface area contributed by atoms with Crippen LogP contribution in [0.25, 0.3) is 10.9 Å². The lowest BCUT2D eigenvalue weighted by Gasteiger charge is -2.23. The predicted molar refractivity (Wildman–Crippen MR) is 125 cm³/mol. The minimum Gasteiger partial charge on any atom is -0.493 e. The highest BCUT2D eigenvalue weighted by molar-refractivity contribution is 5.78. The Kier molecular flexibility index (Phi) is 5.85. The molecule has 166 valence electrons. The summed E-state index contributed by atoms with van der Waals surface area (Å²) in [5.41, 5.74) is 3.45. The fourth-order valence-electron chi connectivity index (χ4n) is 4.17. The molecule has 1 unspecified atom stereocenters. The van der Waals surface area contributed by atoms with Gasteiger partial charge in [0, 0.05) is 6.42 Å². The van der Waals surface area contributed by atoms with E-state index in [0.29, 0.717) is 10.9 Å². The first-order valence-electron chi connectivity index (χ1n) is 11.1. The summed E-state index contributed by atoms with van der Waals surface area (Å²) in [5, 5.41) is 11.7. The highest BCUT2D eigenvalue weighted by Crippen LogP contribution is 2.30. The molecule has 1 N–H and O–H groups in total. The first-order chi connectivity index (χ1) is 16.2. The topological polar surface area (TPSA) is 86.1 Å². The van der Waals surface area contributed by atoms with Crippen LogP contribution in [0, 0.1) is 0 Å². The van der Waals surface area contributed by atoms with E-state index in [9.17, 15) is 9.59 Å². The highest BCUT2D eigenvalue weighted by Gasteiger charge is 2.20. The van der Waals surface area contributed by atoms with E-state index in [4.69, 9.17) is 4.74 Å². The number of benzene rings is 3. The Bertz CT molecular complexity index is 1350. The van der Waals surface area contributed by atoms with Crippen LogP contribution in [0.1, 0.15) is 35.6 Å². The van der Waals surface area contributed by atoms with Gasteiger partial charge in [0.2, 0.25) is 5.91 Å². The molecular formula is C26H24N4O3. The van der Waals surface area contributed by atoms with Crippen LogP contribution in [0.4, 0.5) is 0 Å². The molecule has 0 aliphatic carbocycles. The Morgan fingerprint density at radius 1 is 1.03 bits per heavy atom. The maximum Gasteiger partial charge on any atom is 0.277 e. The van der Waals surface area contributed by atoms with Crippen LogP contribution in [-0.4, -0.2) is 27.5 Å². The van der Waals surface area contributed by atoms with Crippen molar-refractivity contribution in [3.8, 4) is 5.75 Å². The SMILES string of the molecule is O=C(CCn1nnc2ccccc2c1=O)NC(c1ccccc1)c1ccc2c(c1)CCCO2. The van der Waals surface area contributed by atoms with E-state index >= 15 is 0 Å². The lowest BCUT2D eigenvalue weighted by Crippen LogP contribution is -2.32. The van der Waals surface area contributed by atoms with Gasteiger partial charge in [-0.25, -0.2) is 4.68 Å². The third-order valence-electron chi connectivity index (χ3n) is 5.88. The van der Waals surface area contributed by atoms with Crippen LogP contribution in [0.2, 0.25) is 0 Å². The zero-order valence-electron chi connectivity index (χ0n) is 18.1. The summed E-state index contributed by atoms with van der Waals surface area (Å²) < 4.78 is 6.99. The van der Waals surface area contributed by atoms with Crippen LogP contribution in [0.15, 0.2) is 77.6 Å². The lowest BCUT2D eigenvalue weighted by molar-refractivity contribution is -0.121. The van der Waals surface area contributed by atoms with Crippen molar-refractivity contribution in [3.05, 3.63) is 99.8 Å². The van der Waals surface area contributed by atoms with Crippen molar-refractivity contribution < 1.29 is 9.53 Å². The second kappa shape index (κ2) is 9.24. The highest BCUT2D eigenvalue weighted by atomic mass is 16.5. The Labute approximate surface area is 191 Å². The van der Waals surface area contributed by atoms with E-state index in [1.807, 2.05) is 48.5 Å². The van der Waals surface area contributed by atoms with Crippen molar-refractivity contribution in [2.24, 2.45) is 0 Å². The number of rotatable bonds is 6. The molecule has 7 nitrogen and oxygen atoms in total. The molecule has 1 aliphatic rings. The first-order valence-corrected chi connectivity index (χ1v) is 11.1. The summed E-state index contributed by atoms with van der Waals surface area (Å²) in [6, 6.07) is 22.7. The monoisotopic (exact) mass is 440 g/mol. The van der Waals surface area contributed by atoms with Crippen molar-refractivity contribution in [2.75, 3.05) is 6.61 Å². The second-order valence-corrected chi connectivity index (χ2v) is 8.12. The number of nitrogens with zero attached hydrogens (tertiary/aromatic N) is 3. The van der Waals surface area contributed by atoms with E-state index < -0.39 is 0 Å². The molecule has 1 aliphatic heterocycles. The van der Waals surface area contributed by atoms with E-state index in [0.717, 1.165) is 41.9 Å². The quantitative estimate of drug-likeness (QED) is 0.497. The molecule has 0 bridgehead atoms. The molecule has 0 fully saturated rings. The van der Waals surface area contributed by atoms with Crippen LogP contribution in [0.5, 0.6) is 5.75 Å². The third-order valence-corrected chi connectivity index (χ3v) is 5.88. The Hall–Kier alpha value is -4.00. The van der Waals surface area contributed by atoms with Gasteiger partial charge in [0.05, 0.1) is 24.6 Å². The van der Waals surface area contributed by atoms with E-state index in [-0.39, 0.29) is 30.5 Å². The summed E-state index contributed by atoms with van der Waals surface area (Å²) in [5.74, 6) is 0.747. The molecule has 5 rings (SSSR count). The fourth-order valence-corrected chi connectivity index (χ4v) is 4.17. The number of hydrogen-bond acceptors (Lipinski definition) is 5. The van der Waals surface area contributed by atoms with Crippen molar-refractivity contribution in [1.29, 1.82) is 0 Å². The van der Waals surface area contributed by atoms with Crippen LogP contribution in [-0.2, 0) is 17.8 Å². The van der Waals surface area contributed by atoms with Crippen LogP contribution in [0.3, 0.4) is 0 Å². The van der Waals surface area contributed by atoms with Gasteiger partial charge >= 0.3 is 0 Å². The van der Waals surface area contributed by atoms with Gasteiger partial charge < -0.3 is 10.1 Å². The average Bonchev–Trinajstić information content (AvgIpc) is 2.87. The molecule has 3 aromatic carbocycles. The lowest BCUT2D eigenvalue weighted by atomic mass is 9.94. The van der Waals surface area contributed by atoms with Gasteiger partial charge in [-0.1, -0.05) is 53.7 Å². The Balaban J connectivity index is 1.36. The first kappa shape index (κ1) is 20.9. The number of carbonyl (C=O) groups is 1.